The van der Waals surface area contributed by atoms with Crippen molar-refractivity contribution in [3.63, 3.8) is 0 Å². The van der Waals surface area contributed by atoms with Crippen LogP contribution < -0.4 is 5.32 Å². The molecule has 7 heteroatoms. The van der Waals surface area contributed by atoms with Gasteiger partial charge in [0.05, 0.1) is 11.1 Å². The Morgan fingerprint density at radius 1 is 1.04 bits per heavy atom. The van der Waals surface area contributed by atoms with Crippen LogP contribution in [0.5, 0.6) is 0 Å². The second-order valence-corrected chi connectivity index (χ2v) is 6.34. The van der Waals surface area contributed by atoms with Gasteiger partial charge in [0.2, 0.25) is 0 Å². The Kier molecular flexibility index (Phi) is 6.89. The molecule has 2 rings (SSSR count). The van der Waals surface area contributed by atoms with E-state index in [-0.39, 0.29) is 29.7 Å². The summed E-state index contributed by atoms with van der Waals surface area (Å²) in [5, 5.41) is 11.3. The molecule has 1 aliphatic rings. The zero-order valence-corrected chi connectivity index (χ0v) is 14.9. The lowest BCUT2D eigenvalue weighted by molar-refractivity contribution is -0.137. The van der Waals surface area contributed by atoms with Gasteiger partial charge in [0, 0.05) is 25.1 Å². The minimum absolute atomic E-state index is 0.128. The Hall–Kier alpha value is -2.70. The minimum atomic E-state index is -0.820. The summed E-state index contributed by atoms with van der Waals surface area (Å²) in [4.78, 5) is 48.5. The van der Waals surface area contributed by atoms with Crippen molar-refractivity contribution in [3.8, 4) is 0 Å². The quantitative estimate of drug-likeness (QED) is 0.493. The molecule has 0 atom stereocenters. The van der Waals surface area contributed by atoms with E-state index in [2.05, 4.69) is 5.32 Å². The number of unbranched alkanes of at least 4 members (excludes halogenated alkanes) is 3. The molecule has 0 radical (unpaired) electrons. The van der Waals surface area contributed by atoms with E-state index in [1.54, 1.807) is 6.07 Å². The number of fused-ring (bicyclic) bond motifs is 1. The molecule has 0 unspecified atom stereocenters. The number of carbonyl (C=O) groups excluding carboxylic acids is 3. The fraction of sp³-hybridized carbons (Fsp3) is 0.474. The zero-order valence-electron chi connectivity index (χ0n) is 14.9. The van der Waals surface area contributed by atoms with E-state index in [1.165, 1.54) is 17.0 Å². The van der Waals surface area contributed by atoms with Crippen LogP contribution in [0.3, 0.4) is 0 Å². The molecule has 0 fully saturated rings. The number of benzene rings is 1. The van der Waals surface area contributed by atoms with Gasteiger partial charge < -0.3 is 10.4 Å². The van der Waals surface area contributed by atoms with Crippen LogP contribution in [0, 0.1) is 0 Å². The first-order chi connectivity index (χ1) is 12.5. The Bertz CT molecular complexity index is 714. The number of hydrogen-bond donors (Lipinski definition) is 2. The number of carboxylic acid groups (broad SMARTS) is 1. The molecule has 1 aromatic rings. The average Bonchev–Trinajstić information content (AvgIpc) is 2.86. The zero-order chi connectivity index (χ0) is 19.1. The Morgan fingerprint density at radius 2 is 1.77 bits per heavy atom. The summed E-state index contributed by atoms with van der Waals surface area (Å²) < 4.78 is 0. The van der Waals surface area contributed by atoms with Gasteiger partial charge in [-0.3, -0.25) is 24.1 Å². The molecule has 26 heavy (non-hydrogen) atoms. The highest BCUT2D eigenvalue weighted by molar-refractivity contribution is 6.22. The van der Waals surface area contributed by atoms with Gasteiger partial charge in [0.15, 0.2) is 0 Å². The van der Waals surface area contributed by atoms with Gasteiger partial charge in [-0.1, -0.05) is 19.8 Å². The Morgan fingerprint density at radius 3 is 2.46 bits per heavy atom. The number of amides is 3. The SMILES string of the molecule is CCCCN1C(=O)c2ccc(C(=O)NCCCCCC(=O)O)cc2C1=O. The maximum Gasteiger partial charge on any atom is 0.303 e. The minimum Gasteiger partial charge on any atom is -0.481 e. The van der Waals surface area contributed by atoms with Crippen LogP contribution in [-0.4, -0.2) is 46.8 Å². The first-order valence-electron chi connectivity index (χ1n) is 8.96. The highest BCUT2D eigenvalue weighted by Gasteiger charge is 2.35. The highest BCUT2D eigenvalue weighted by Crippen LogP contribution is 2.24. The van der Waals surface area contributed by atoms with Crippen LogP contribution in [0.4, 0.5) is 0 Å². The number of hydrogen-bond acceptors (Lipinski definition) is 4. The number of nitrogens with zero attached hydrogens (tertiary/aromatic N) is 1. The normalized spacial score (nSPS) is 13.0. The maximum atomic E-state index is 12.4. The van der Waals surface area contributed by atoms with E-state index < -0.39 is 5.97 Å². The summed E-state index contributed by atoms with van der Waals surface area (Å²) >= 11 is 0. The molecule has 0 saturated carbocycles. The van der Waals surface area contributed by atoms with Crippen LogP contribution in [0.1, 0.15) is 76.5 Å². The lowest BCUT2D eigenvalue weighted by atomic mass is 10.1. The highest BCUT2D eigenvalue weighted by atomic mass is 16.4. The smallest absolute Gasteiger partial charge is 0.303 e. The van der Waals surface area contributed by atoms with Crippen molar-refractivity contribution >= 4 is 23.7 Å². The molecule has 7 nitrogen and oxygen atoms in total. The van der Waals surface area contributed by atoms with E-state index in [1.807, 2.05) is 6.92 Å². The van der Waals surface area contributed by atoms with Crippen molar-refractivity contribution in [1.29, 1.82) is 0 Å². The summed E-state index contributed by atoms with van der Waals surface area (Å²) in [6.07, 6.45) is 3.74. The third-order valence-electron chi connectivity index (χ3n) is 4.32. The molecule has 0 saturated heterocycles. The van der Waals surface area contributed by atoms with Crippen LogP contribution in [0.25, 0.3) is 0 Å². The fourth-order valence-corrected chi connectivity index (χ4v) is 2.83. The van der Waals surface area contributed by atoms with Crippen LogP contribution in [0.2, 0.25) is 0 Å². The number of rotatable bonds is 10. The molecule has 0 aromatic heterocycles. The Labute approximate surface area is 152 Å². The lowest BCUT2D eigenvalue weighted by Gasteiger charge is -2.12. The second-order valence-electron chi connectivity index (χ2n) is 6.34. The van der Waals surface area contributed by atoms with Gasteiger partial charge in [0.25, 0.3) is 17.7 Å². The van der Waals surface area contributed by atoms with Gasteiger partial charge in [-0.2, -0.15) is 0 Å². The van der Waals surface area contributed by atoms with Crippen molar-refractivity contribution in [2.45, 2.75) is 45.4 Å². The summed E-state index contributed by atoms with van der Waals surface area (Å²) in [6, 6.07) is 4.55. The number of carbonyl (C=O) groups is 4. The summed E-state index contributed by atoms with van der Waals surface area (Å²) in [5.74, 6) is -1.77. The molecular weight excluding hydrogens is 336 g/mol. The van der Waals surface area contributed by atoms with Crippen LogP contribution in [0.15, 0.2) is 18.2 Å². The maximum absolute atomic E-state index is 12.4. The van der Waals surface area contributed by atoms with E-state index in [9.17, 15) is 19.2 Å². The molecule has 2 N–H and O–H groups in total. The molecule has 1 aromatic carbocycles. The topological polar surface area (TPSA) is 104 Å². The molecule has 0 bridgehead atoms. The van der Waals surface area contributed by atoms with Crippen molar-refractivity contribution in [2.75, 3.05) is 13.1 Å². The molecule has 1 aliphatic heterocycles. The predicted octanol–water partition coefficient (Wildman–Crippen LogP) is 2.46. The number of imide groups is 1. The van der Waals surface area contributed by atoms with E-state index in [4.69, 9.17) is 5.11 Å². The molecule has 0 aliphatic carbocycles. The standard InChI is InChI=1S/C19H24N2O5/c1-2-3-11-21-18(25)14-9-8-13(12-15(14)19(21)26)17(24)20-10-6-4-5-7-16(22)23/h8-9,12H,2-7,10-11H2,1H3,(H,20,24)(H,22,23). The number of nitrogens with one attached hydrogen (secondary N) is 1. The molecule has 3 amide bonds. The molecule has 140 valence electrons. The summed E-state index contributed by atoms with van der Waals surface area (Å²) in [7, 11) is 0. The second kappa shape index (κ2) is 9.12. The third kappa shape index (κ3) is 4.68. The van der Waals surface area contributed by atoms with Gasteiger partial charge in [-0.05, 0) is 37.5 Å². The average molecular weight is 360 g/mol. The van der Waals surface area contributed by atoms with Crippen LogP contribution in [-0.2, 0) is 4.79 Å². The van der Waals surface area contributed by atoms with Crippen molar-refractivity contribution in [2.24, 2.45) is 0 Å². The van der Waals surface area contributed by atoms with E-state index >= 15 is 0 Å². The Balaban J connectivity index is 1.92. The number of aliphatic carboxylic acids is 1. The fourth-order valence-electron chi connectivity index (χ4n) is 2.83. The van der Waals surface area contributed by atoms with E-state index in [0.717, 1.165) is 19.3 Å². The molecule has 0 spiro atoms. The van der Waals surface area contributed by atoms with Crippen molar-refractivity contribution in [1.82, 2.24) is 10.2 Å². The summed E-state index contributed by atoms with van der Waals surface area (Å²) in [6.45, 7) is 2.81. The monoisotopic (exact) mass is 360 g/mol. The van der Waals surface area contributed by atoms with Gasteiger partial charge in [-0.15, -0.1) is 0 Å². The van der Waals surface area contributed by atoms with Crippen molar-refractivity contribution in [3.05, 3.63) is 34.9 Å². The lowest BCUT2D eigenvalue weighted by Crippen LogP contribution is -2.30. The predicted molar refractivity (Wildman–Crippen MR) is 95.2 cm³/mol. The van der Waals surface area contributed by atoms with Gasteiger partial charge in [-0.25, -0.2) is 0 Å². The number of carboxylic acids is 1. The van der Waals surface area contributed by atoms with Gasteiger partial charge in [0.1, 0.15) is 0 Å². The third-order valence-corrected chi connectivity index (χ3v) is 4.32. The van der Waals surface area contributed by atoms with Gasteiger partial charge >= 0.3 is 5.97 Å². The van der Waals surface area contributed by atoms with E-state index in [0.29, 0.717) is 37.1 Å². The summed E-state index contributed by atoms with van der Waals surface area (Å²) in [5.41, 5.74) is 0.962. The van der Waals surface area contributed by atoms with Crippen LogP contribution >= 0.6 is 0 Å². The largest absolute Gasteiger partial charge is 0.481 e. The van der Waals surface area contributed by atoms with Crippen molar-refractivity contribution < 1.29 is 24.3 Å². The molecular formula is C19H24N2O5. The molecule has 1 heterocycles. The first-order valence-corrected chi connectivity index (χ1v) is 8.96. The first kappa shape index (κ1) is 19.6.